The minimum absolute atomic E-state index is 0. The van der Waals surface area contributed by atoms with Gasteiger partial charge in [-0.05, 0) is 33.9 Å². The molecule has 2 aliphatic rings. The molecule has 0 saturated carbocycles. The number of piperazine rings is 1. The van der Waals surface area contributed by atoms with Gasteiger partial charge in [0.1, 0.15) is 0 Å². The lowest BCUT2D eigenvalue weighted by Gasteiger charge is -2.38. The zero-order chi connectivity index (χ0) is 15.3. The molecule has 22 heavy (non-hydrogen) atoms. The Hall–Kier alpha value is -0.120. The second-order valence-electron chi connectivity index (χ2n) is 6.61. The van der Waals surface area contributed by atoms with Gasteiger partial charge in [-0.3, -0.25) is 9.89 Å². The number of aliphatic imine (C=N–C) groups is 1. The fourth-order valence-corrected chi connectivity index (χ4v) is 3.00. The van der Waals surface area contributed by atoms with Gasteiger partial charge >= 0.3 is 0 Å². The summed E-state index contributed by atoms with van der Waals surface area (Å²) < 4.78 is 5.80. The molecule has 2 N–H and O–H groups in total. The normalized spacial score (nSPS) is 30.9. The van der Waals surface area contributed by atoms with Gasteiger partial charge in [-0.2, -0.15) is 0 Å². The first kappa shape index (κ1) is 19.9. The molecule has 0 aromatic heterocycles. The van der Waals surface area contributed by atoms with E-state index in [-0.39, 0.29) is 29.6 Å². The lowest BCUT2D eigenvalue weighted by molar-refractivity contribution is 0.0242. The van der Waals surface area contributed by atoms with E-state index in [4.69, 9.17) is 4.74 Å². The minimum atomic E-state index is -0.0422. The van der Waals surface area contributed by atoms with Crippen molar-refractivity contribution in [2.75, 3.05) is 60.5 Å². The number of guanidine groups is 1. The van der Waals surface area contributed by atoms with Gasteiger partial charge in [-0.25, -0.2) is 0 Å². The van der Waals surface area contributed by atoms with E-state index in [2.05, 4.69) is 46.4 Å². The van der Waals surface area contributed by atoms with Crippen molar-refractivity contribution in [2.45, 2.75) is 31.4 Å². The minimum Gasteiger partial charge on any atom is -0.373 e. The molecule has 2 saturated heterocycles. The number of halogens is 1. The van der Waals surface area contributed by atoms with Gasteiger partial charge in [0.2, 0.25) is 0 Å². The SMILES string of the molecule is CN=C(NCC1CN(C)CCN1C)NCC1(C)CCCO1.I. The zero-order valence-corrected chi connectivity index (χ0v) is 16.7. The summed E-state index contributed by atoms with van der Waals surface area (Å²) in [5, 5.41) is 6.85. The van der Waals surface area contributed by atoms with Crippen LogP contribution in [-0.4, -0.2) is 87.9 Å². The molecule has 0 aromatic carbocycles. The number of rotatable bonds is 4. The van der Waals surface area contributed by atoms with Crippen LogP contribution in [0.2, 0.25) is 0 Å². The molecule has 2 unspecified atom stereocenters. The van der Waals surface area contributed by atoms with Crippen molar-refractivity contribution in [2.24, 2.45) is 4.99 Å². The van der Waals surface area contributed by atoms with Gasteiger partial charge in [0.25, 0.3) is 0 Å². The Labute approximate surface area is 152 Å². The second-order valence-corrected chi connectivity index (χ2v) is 6.61. The highest BCUT2D eigenvalue weighted by atomic mass is 127. The van der Waals surface area contributed by atoms with E-state index in [1.165, 1.54) is 0 Å². The van der Waals surface area contributed by atoms with Crippen LogP contribution in [0.3, 0.4) is 0 Å². The van der Waals surface area contributed by atoms with Crippen LogP contribution in [0.25, 0.3) is 0 Å². The van der Waals surface area contributed by atoms with E-state index in [0.717, 1.165) is 58.1 Å². The third-order valence-corrected chi connectivity index (χ3v) is 4.64. The summed E-state index contributed by atoms with van der Waals surface area (Å²) >= 11 is 0. The Balaban J connectivity index is 0.00000242. The van der Waals surface area contributed by atoms with E-state index in [0.29, 0.717) is 6.04 Å². The molecule has 2 atom stereocenters. The van der Waals surface area contributed by atoms with E-state index in [1.54, 1.807) is 0 Å². The fraction of sp³-hybridized carbons (Fsp3) is 0.933. The summed E-state index contributed by atoms with van der Waals surface area (Å²) in [6.45, 7) is 8.15. The number of hydrogen-bond acceptors (Lipinski definition) is 4. The zero-order valence-electron chi connectivity index (χ0n) is 14.4. The van der Waals surface area contributed by atoms with Crippen molar-refractivity contribution in [3.8, 4) is 0 Å². The van der Waals surface area contributed by atoms with Crippen LogP contribution in [0.15, 0.2) is 4.99 Å². The molecule has 0 radical (unpaired) electrons. The van der Waals surface area contributed by atoms with Crippen LogP contribution in [0.1, 0.15) is 19.8 Å². The van der Waals surface area contributed by atoms with E-state index >= 15 is 0 Å². The summed E-state index contributed by atoms with van der Waals surface area (Å²) in [4.78, 5) is 9.12. The Kier molecular flexibility index (Phi) is 8.37. The summed E-state index contributed by atoms with van der Waals surface area (Å²) in [5.41, 5.74) is -0.0422. The van der Waals surface area contributed by atoms with Gasteiger partial charge in [0.15, 0.2) is 5.96 Å². The number of likely N-dealkylation sites (N-methyl/N-ethyl adjacent to an activating group) is 2. The van der Waals surface area contributed by atoms with Gasteiger partial charge in [0, 0.05) is 52.4 Å². The van der Waals surface area contributed by atoms with Crippen molar-refractivity contribution in [3.63, 3.8) is 0 Å². The summed E-state index contributed by atoms with van der Waals surface area (Å²) in [5.74, 6) is 0.869. The molecule has 0 spiro atoms. The van der Waals surface area contributed by atoms with E-state index in [9.17, 15) is 0 Å². The second kappa shape index (κ2) is 9.24. The average Bonchev–Trinajstić information content (AvgIpc) is 2.90. The first-order valence-corrected chi connectivity index (χ1v) is 8.00. The van der Waals surface area contributed by atoms with Crippen molar-refractivity contribution < 1.29 is 4.74 Å². The third kappa shape index (κ3) is 5.82. The summed E-state index contributed by atoms with van der Waals surface area (Å²) in [6.07, 6.45) is 2.27. The maximum atomic E-state index is 5.80. The molecular weight excluding hydrogens is 393 g/mol. The number of hydrogen-bond donors (Lipinski definition) is 2. The predicted molar refractivity (Wildman–Crippen MR) is 102 cm³/mol. The fourth-order valence-electron chi connectivity index (χ4n) is 3.00. The quantitative estimate of drug-likeness (QED) is 0.392. The third-order valence-electron chi connectivity index (χ3n) is 4.64. The Morgan fingerprint density at radius 3 is 2.73 bits per heavy atom. The highest BCUT2D eigenvalue weighted by Gasteiger charge is 2.30. The maximum Gasteiger partial charge on any atom is 0.191 e. The van der Waals surface area contributed by atoms with Crippen molar-refractivity contribution in [1.82, 2.24) is 20.4 Å². The van der Waals surface area contributed by atoms with Gasteiger partial charge in [-0.15, -0.1) is 24.0 Å². The van der Waals surface area contributed by atoms with Crippen molar-refractivity contribution in [1.29, 1.82) is 0 Å². The highest BCUT2D eigenvalue weighted by molar-refractivity contribution is 14.0. The lowest BCUT2D eigenvalue weighted by atomic mass is 10.0. The van der Waals surface area contributed by atoms with Crippen LogP contribution in [0.5, 0.6) is 0 Å². The first-order valence-electron chi connectivity index (χ1n) is 8.00. The summed E-state index contributed by atoms with van der Waals surface area (Å²) in [7, 11) is 6.21. The van der Waals surface area contributed by atoms with Crippen molar-refractivity contribution in [3.05, 3.63) is 0 Å². The smallest absolute Gasteiger partial charge is 0.191 e. The predicted octanol–water partition coefficient (Wildman–Crippen LogP) is 0.584. The standard InChI is InChI=1S/C15H31N5O.HI/c1-15(6-5-9-21-15)12-18-14(16-2)17-10-13-11-19(3)7-8-20(13)4;/h13H,5-12H2,1-4H3,(H2,16,17,18);1H. The largest absolute Gasteiger partial charge is 0.373 e. The topological polar surface area (TPSA) is 52.1 Å². The van der Waals surface area contributed by atoms with Gasteiger partial charge in [0.05, 0.1) is 5.60 Å². The van der Waals surface area contributed by atoms with Gasteiger partial charge in [-0.1, -0.05) is 0 Å². The van der Waals surface area contributed by atoms with E-state index in [1.807, 2.05) is 7.05 Å². The Morgan fingerprint density at radius 1 is 1.32 bits per heavy atom. The molecule has 7 heteroatoms. The van der Waals surface area contributed by atoms with Crippen LogP contribution in [-0.2, 0) is 4.74 Å². The molecule has 2 rings (SSSR count). The summed E-state index contributed by atoms with van der Waals surface area (Å²) in [6, 6.07) is 0.528. The van der Waals surface area contributed by atoms with E-state index < -0.39 is 0 Å². The van der Waals surface area contributed by atoms with Crippen LogP contribution >= 0.6 is 24.0 Å². The molecule has 0 aromatic rings. The Morgan fingerprint density at radius 2 is 2.09 bits per heavy atom. The highest BCUT2D eigenvalue weighted by Crippen LogP contribution is 2.23. The molecule has 6 nitrogen and oxygen atoms in total. The molecule has 0 bridgehead atoms. The molecule has 0 aliphatic carbocycles. The molecular formula is C15H32IN5O. The number of ether oxygens (including phenoxy) is 1. The molecule has 2 aliphatic heterocycles. The first-order chi connectivity index (χ1) is 10.0. The average molecular weight is 425 g/mol. The molecule has 0 amide bonds. The lowest BCUT2D eigenvalue weighted by Crippen LogP contribution is -2.56. The van der Waals surface area contributed by atoms with Crippen LogP contribution < -0.4 is 10.6 Å². The monoisotopic (exact) mass is 425 g/mol. The maximum absolute atomic E-state index is 5.80. The van der Waals surface area contributed by atoms with Crippen LogP contribution in [0, 0.1) is 0 Å². The van der Waals surface area contributed by atoms with Gasteiger partial charge < -0.3 is 20.3 Å². The molecule has 2 heterocycles. The molecule has 130 valence electrons. The van der Waals surface area contributed by atoms with Crippen molar-refractivity contribution >= 4 is 29.9 Å². The molecule has 2 fully saturated rings. The Bertz CT molecular complexity index is 360. The number of nitrogens with one attached hydrogen (secondary N) is 2. The van der Waals surface area contributed by atoms with Crippen LogP contribution in [0.4, 0.5) is 0 Å². The number of nitrogens with zero attached hydrogens (tertiary/aromatic N) is 3.